The van der Waals surface area contributed by atoms with E-state index in [1.807, 2.05) is 36.0 Å². The van der Waals surface area contributed by atoms with E-state index in [1.165, 1.54) is 0 Å². The Kier molecular flexibility index (Phi) is 3.21. The first-order valence-electron chi connectivity index (χ1n) is 5.86. The molecule has 98 valence electrons. The SMILES string of the molecule is Cn1nccc1Cn1c(CCl)nc2cc(Cl)ccc21. The third-order valence-corrected chi connectivity index (χ3v) is 3.63. The molecule has 0 aliphatic rings. The second kappa shape index (κ2) is 4.87. The van der Waals surface area contributed by atoms with Crippen molar-refractivity contribution < 1.29 is 0 Å². The summed E-state index contributed by atoms with van der Waals surface area (Å²) in [5.74, 6) is 1.20. The molecule has 0 N–H and O–H groups in total. The maximum atomic E-state index is 6.00. The minimum atomic E-state index is 0.365. The zero-order chi connectivity index (χ0) is 13.4. The summed E-state index contributed by atoms with van der Waals surface area (Å²) in [6, 6.07) is 7.67. The van der Waals surface area contributed by atoms with Crippen LogP contribution in [-0.2, 0) is 19.5 Å². The number of hydrogen-bond acceptors (Lipinski definition) is 2. The normalized spacial score (nSPS) is 11.3. The molecule has 0 saturated carbocycles. The number of nitrogens with zero attached hydrogens (tertiary/aromatic N) is 4. The largest absolute Gasteiger partial charge is 0.321 e. The highest BCUT2D eigenvalue weighted by Gasteiger charge is 2.12. The Morgan fingerprint density at radius 3 is 2.79 bits per heavy atom. The molecule has 0 fully saturated rings. The highest BCUT2D eigenvalue weighted by molar-refractivity contribution is 6.31. The molecule has 0 saturated heterocycles. The fourth-order valence-corrected chi connectivity index (χ4v) is 2.52. The predicted octanol–water partition coefficient (Wildman–Crippen LogP) is 3.21. The molecular weight excluding hydrogens is 283 g/mol. The number of halogens is 2. The van der Waals surface area contributed by atoms with Gasteiger partial charge in [-0.25, -0.2) is 4.98 Å². The number of benzene rings is 1. The fraction of sp³-hybridized carbons (Fsp3) is 0.231. The molecule has 0 radical (unpaired) electrons. The Bertz CT molecular complexity index is 729. The molecule has 0 bridgehead atoms. The maximum absolute atomic E-state index is 6.00. The van der Waals surface area contributed by atoms with Crippen LogP contribution in [0.3, 0.4) is 0 Å². The van der Waals surface area contributed by atoms with Crippen molar-refractivity contribution in [1.82, 2.24) is 19.3 Å². The van der Waals surface area contributed by atoms with E-state index in [4.69, 9.17) is 23.2 Å². The summed E-state index contributed by atoms with van der Waals surface area (Å²) in [7, 11) is 1.92. The molecule has 3 rings (SSSR count). The third-order valence-electron chi connectivity index (χ3n) is 3.15. The first-order valence-corrected chi connectivity index (χ1v) is 6.78. The third kappa shape index (κ3) is 2.22. The second-order valence-corrected chi connectivity index (χ2v) is 5.03. The molecule has 19 heavy (non-hydrogen) atoms. The molecule has 0 unspecified atom stereocenters. The molecule has 0 amide bonds. The molecule has 2 aromatic heterocycles. The van der Waals surface area contributed by atoms with Crippen molar-refractivity contribution in [3.8, 4) is 0 Å². The topological polar surface area (TPSA) is 35.6 Å². The Labute approximate surface area is 120 Å². The van der Waals surface area contributed by atoms with Gasteiger partial charge in [0.25, 0.3) is 0 Å². The average Bonchev–Trinajstić information content (AvgIpc) is 2.94. The lowest BCUT2D eigenvalue weighted by Gasteiger charge is -2.08. The van der Waals surface area contributed by atoms with E-state index in [0.29, 0.717) is 17.4 Å². The van der Waals surface area contributed by atoms with E-state index >= 15 is 0 Å². The van der Waals surface area contributed by atoms with Crippen molar-refractivity contribution in [1.29, 1.82) is 0 Å². The summed E-state index contributed by atoms with van der Waals surface area (Å²) in [6.45, 7) is 0.691. The van der Waals surface area contributed by atoms with Crippen LogP contribution in [0, 0.1) is 0 Å². The predicted molar refractivity (Wildman–Crippen MR) is 76.6 cm³/mol. The van der Waals surface area contributed by atoms with Crippen LogP contribution in [0.2, 0.25) is 5.02 Å². The Morgan fingerprint density at radius 2 is 2.11 bits per heavy atom. The summed E-state index contributed by atoms with van der Waals surface area (Å²) in [4.78, 5) is 4.52. The van der Waals surface area contributed by atoms with Crippen molar-refractivity contribution in [2.24, 2.45) is 7.05 Å². The first-order chi connectivity index (χ1) is 9.19. The van der Waals surface area contributed by atoms with Gasteiger partial charge in [-0.05, 0) is 24.3 Å². The van der Waals surface area contributed by atoms with Crippen LogP contribution in [0.4, 0.5) is 0 Å². The Balaban J connectivity index is 2.13. The number of imidazole rings is 1. The molecule has 2 heterocycles. The van der Waals surface area contributed by atoms with E-state index in [0.717, 1.165) is 22.6 Å². The number of alkyl halides is 1. The van der Waals surface area contributed by atoms with Gasteiger partial charge in [0, 0.05) is 18.3 Å². The van der Waals surface area contributed by atoms with Gasteiger partial charge in [-0.2, -0.15) is 5.10 Å². The fourth-order valence-electron chi connectivity index (χ4n) is 2.15. The summed E-state index contributed by atoms with van der Waals surface area (Å²) >= 11 is 12.0. The van der Waals surface area contributed by atoms with Gasteiger partial charge >= 0.3 is 0 Å². The van der Waals surface area contributed by atoms with Crippen molar-refractivity contribution >= 4 is 34.2 Å². The summed E-state index contributed by atoms with van der Waals surface area (Å²) in [5, 5.41) is 4.86. The average molecular weight is 295 g/mol. The molecular formula is C13H12Cl2N4. The number of aryl methyl sites for hydroxylation is 1. The first kappa shape index (κ1) is 12.5. The monoisotopic (exact) mass is 294 g/mol. The Morgan fingerprint density at radius 1 is 1.26 bits per heavy atom. The number of hydrogen-bond donors (Lipinski definition) is 0. The maximum Gasteiger partial charge on any atom is 0.125 e. The molecule has 0 aliphatic heterocycles. The quantitative estimate of drug-likeness (QED) is 0.696. The van der Waals surface area contributed by atoms with Crippen LogP contribution in [0.15, 0.2) is 30.5 Å². The Hall–Kier alpha value is -1.52. The van der Waals surface area contributed by atoms with Crippen LogP contribution in [0.25, 0.3) is 11.0 Å². The zero-order valence-corrected chi connectivity index (χ0v) is 11.9. The summed E-state index contributed by atoms with van der Waals surface area (Å²) in [5.41, 5.74) is 2.99. The van der Waals surface area contributed by atoms with Gasteiger partial charge in [0.15, 0.2) is 0 Å². The number of rotatable bonds is 3. The van der Waals surface area contributed by atoms with Gasteiger partial charge in [0.1, 0.15) is 5.82 Å². The van der Waals surface area contributed by atoms with Crippen molar-refractivity contribution in [3.05, 3.63) is 47.0 Å². The lowest BCUT2D eigenvalue weighted by Crippen LogP contribution is -2.08. The van der Waals surface area contributed by atoms with Gasteiger partial charge in [-0.3, -0.25) is 4.68 Å². The van der Waals surface area contributed by atoms with E-state index in [1.54, 1.807) is 6.20 Å². The van der Waals surface area contributed by atoms with Crippen molar-refractivity contribution in [2.75, 3.05) is 0 Å². The van der Waals surface area contributed by atoms with Gasteiger partial charge < -0.3 is 4.57 Å². The molecule has 4 nitrogen and oxygen atoms in total. The van der Waals surface area contributed by atoms with Gasteiger partial charge in [0.05, 0.1) is 29.2 Å². The summed E-state index contributed by atoms with van der Waals surface area (Å²) in [6.07, 6.45) is 1.78. The number of fused-ring (bicyclic) bond motifs is 1. The van der Waals surface area contributed by atoms with Crippen LogP contribution >= 0.6 is 23.2 Å². The second-order valence-electron chi connectivity index (χ2n) is 4.33. The summed E-state index contributed by atoms with van der Waals surface area (Å²) < 4.78 is 3.94. The van der Waals surface area contributed by atoms with Gasteiger partial charge in [-0.1, -0.05) is 11.6 Å². The lowest BCUT2D eigenvalue weighted by molar-refractivity contribution is 0.663. The highest BCUT2D eigenvalue weighted by Crippen LogP contribution is 2.22. The van der Waals surface area contributed by atoms with E-state index < -0.39 is 0 Å². The van der Waals surface area contributed by atoms with E-state index in [-0.39, 0.29) is 0 Å². The molecule has 0 aliphatic carbocycles. The number of aromatic nitrogens is 4. The van der Waals surface area contributed by atoms with Crippen LogP contribution in [0.5, 0.6) is 0 Å². The lowest BCUT2D eigenvalue weighted by atomic mass is 10.3. The zero-order valence-electron chi connectivity index (χ0n) is 10.3. The smallest absolute Gasteiger partial charge is 0.125 e. The standard InChI is InChI=1S/C13H12Cl2N4/c1-18-10(4-5-16-18)8-19-12-3-2-9(15)6-11(12)17-13(19)7-14/h2-6H,7-8H2,1H3. The van der Waals surface area contributed by atoms with Crippen LogP contribution in [-0.4, -0.2) is 19.3 Å². The molecule has 0 spiro atoms. The van der Waals surface area contributed by atoms with E-state index in [9.17, 15) is 0 Å². The highest BCUT2D eigenvalue weighted by atomic mass is 35.5. The minimum Gasteiger partial charge on any atom is -0.321 e. The molecule has 3 aromatic rings. The van der Waals surface area contributed by atoms with Gasteiger partial charge in [0.2, 0.25) is 0 Å². The van der Waals surface area contributed by atoms with Crippen LogP contribution < -0.4 is 0 Å². The molecule has 6 heteroatoms. The van der Waals surface area contributed by atoms with Crippen molar-refractivity contribution in [2.45, 2.75) is 12.4 Å². The van der Waals surface area contributed by atoms with Gasteiger partial charge in [-0.15, -0.1) is 11.6 Å². The van der Waals surface area contributed by atoms with Crippen molar-refractivity contribution in [3.63, 3.8) is 0 Å². The minimum absolute atomic E-state index is 0.365. The molecule has 0 atom stereocenters. The molecule has 1 aromatic carbocycles. The van der Waals surface area contributed by atoms with E-state index in [2.05, 4.69) is 14.6 Å². The van der Waals surface area contributed by atoms with Crippen LogP contribution in [0.1, 0.15) is 11.5 Å².